The number of sulfone groups is 1. The number of aromatic nitrogens is 2. The number of carboxylic acid groups (broad SMARTS) is 1. The highest BCUT2D eigenvalue weighted by atomic mass is 32.2. The summed E-state index contributed by atoms with van der Waals surface area (Å²) in [7, 11) is -2.90. The Bertz CT molecular complexity index is 1170. The van der Waals surface area contributed by atoms with Crippen LogP contribution in [-0.4, -0.2) is 65.1 Å². The monoisotopic (exact) mass is 434 g/mol. The molecule has 0 spiro atoms. The van der Waals surface area contributed by atoms with Crippen molar-refractivity contribution in [1.82, 2.24) is 15.1 Å². The highest BCUT2D eigenvalue weighted by Gasteiger charge is 2.21. The lowest BCUT2D eigenvalue weighted by molar-refractivity contribution is 0.0702. The molecule has 3 aromatic rings. The predicted molar refractivity (Wildman–Crippen MR) is 109 cm³/mol. The first kappa shape index (κ1) is 19.6. The minimum atomic E-state index is -2.90. The van der Waals surface area contributed by atoms with Crippen molar-refractivity contribution < 1.29 is 23.1 Å². The van der Waals surface area contributed by atoms with Crippen molar-refractivity contribution in [1.29, 1.82) is 0 Å². The molecule has 1 fully saturated rings. The molecule has 4 rings (SSSR count). The molecule has 29 heavy (non-hydrogen) atoms. The van der Waals surface area contributed by atoms with Crippen molar-refractivity contribution in [3.63, 3.8) is 0 Å². The van der Waals surface area contributed by atoms with E-state index in [4.69, 9.17) is 5.11 Å². The number of hydrogen-bond donors (Lipinski definition) is 3. The summed E-state index contributed by atoms with van der Waals surface area (Å²) in [5, 5.41) is 19.1. The summed E-state index contributed by atoms with van der Waals surface area (Å²) >= 11 is 1.03. The number of hydrogen-bond acceptors (Lipinski definition) is 7. The zero-order valence-corrected chi connectivity index (χ0v) is 16.8. The number of aromatic amines is 1. The molecular formula is C18H18N4O5S2. The topological polar surface area (TPSA) is 132 Å². The van der Waals surface area contributed by atoms with Gasteiger partial charge in [0.05, 0.1) is 16.9 Å². The van der Waals surface area contributed by atoms with Crippen molar-refractivity contribution in [3.8, 4) is 0 Å². The second-order valence-electron chi connectivity index (χ2n) is 6.81. The lowest BCUT2D eigenvalue weighted by atomic mass is 10.1. The quantitative estimate of drug-likeness (QED) is 0.558. The lowest BCUT2D eigenvalue weighted by Gasteiger charge is -2.26. The average Bonchev–Trinajstić information content (AvgIpc) is 3.26. The summed E-state index contributed by atoms with van der Waals surface area (Å²) in [4.78, 5) is 26.3. The molecule has 0 saturated carbocycles. The molecule has 3 heterocycles. The van der Waals surface area contributed by atoms with Gasteiger partial charge in [0, 0.05) is 25.2 Å². The fraction of sp³-hybridized carbons (Fsp3) is 0.278. The van der Waals surface area contributed by atoms with Crippen molar-refractivity contribution in [2.75, 3.05) is 29.9 Å². The molecule has 1 amide bonds. The van der Waals surface area contributed by atoms with E-state index >= 15 is 0 Å². The van der Waals surface area contributed by atoms with E-state index in [1.807, 2.05) is 12.1 Å². The smallest absolute Gasteiger partial charge is 0.345 e. The van der Waals surface area contributed by atoms with Crippen molar-refractivity contribution in [2.24, 2.45) is 0 Å². The first-order chi connectivity index (χ1) is 13.8. The Hall–Kier alpha value is -2.76. The van der Waals surface area contributed by atoms with Gasteiger partial charge in [0.15, 0.2) is 9.84 Å². The molecular weight excluding hydrogens is 416 g/mol. The number of rotatable bonds is 5. The number of carboxylic acids is 1. The zero-order valence-electron chi connectivity index (χ0n) is 15.2. The van der Waals surface area contributed by atoms with Gasteiger partial charge in [-0.1, -0.05) is 12.1 Å². The van der Waals surface area contributed by atoms with Gasteiger partial charge in [-0.2, -0.15) is 5.10 Å². The molecule has 1 aliphatic heterocycles. The number of aromatic carboxylic acids is 1. The average molecular weight is 434 g/mol. The van der Waals surface area contributed by atoms with Gasteiger partial charge in [0.25, 0.3) is 5.91 Å². The molecule has 1 aliphatic rings. The van der Waals surface area contributed by atoms with Crippen LogP contribution < -0.4 is 5.32 Å². The maximum absolute atomic E-state index is 12.5. The minimum Gasteiger partial charge on any atom is -0.477 e. The Morgan fingerprint density at radius 1 is 1.21 bits per heavy atom. The number of thiophene rings is 1. The fourth-order valence-electron chi connectivity index (χ4n) is 3.12. The summed E-state index contributed by atoms with van der Waals surface area (Å²) in [5.41, 5.74) is 1.44. The summed E-state index contributed by atoms with van der Waals surface area (Å²) in [6.45, 7) is 1.66. The van der Waals surface area contributed by atoms with Gasteiger partial charge in [-0.15, -0.1) is 11.3 Å². The van der Waals surface area contributed by atoms with Crippen LogP contribution in [0.2, 0.25) is 0 Å². The standard InChI is InChI=1S/C18H18N4O5S2/c23-16(19-15-13-9-14(18(24)25)28-17(13)21-20-15)12-3-1-11(2-4-12)10-22-5-7-29(26,27)8-6-22/h1-4,9H,5-8,10H2,(H,24,25)(H2,19,20,21,23). The summed E-state index contributed by atoms with van der Waals surface area (Å²) in [5.74, 6) is -0.662. The SMILES string of the molecule is O=C(Nc1[nH]nc2sc(C(=O)O)cc12)c1ccc(CN2CCS(=O)(=O)CC2)cc1. The molecule has 0 radical (unpaired) electrons. The molecule has 0 unspecified atom stereocenters. The molecule has 1 saturated heterocycles. The Kier molecular flexibility index (Phi) is 5.11. The van der Waals surface area contributed by atoms with Gasteiger partial charge < -0.3 is 10.4 Å². The van der Waals surface area contributed by atoms with Crippen LogP contribution in [0.15, 0.2) is 30.3 Å². The van der Waals surface area contributed by atoms with E-state index < -0.39 is 15.8 Å². The zero-order chi connectivity index (χ0) is 20.6. The van der Waals surface area contributed by atoms with Crippen LogP contribution in [0.1, 0.15) is 25.6 Å². The summed E-state index contributed by atoms with van der Waals surface area (Å²) in [6.07, 6.45) is 0. The largest absolute Gasteiger partial charge is 0.477 e. The minimum absolute atomic E-state index is 0.155. The number of amides is 1. The molecule has 11 heteroatoms. The Morgan fingerprint density at radius 3 is 2.55 bits per heavy atom. The van der Waals surface area contributed by atoms with Crippen molar-refractivity contribution in [2.45, 2.75) is 6.54 Å². The van der Waals surface area contributed by atoms with E-state index in [0.29, 0.717) is 41.2 Å². The number of H-pyrrole nitrogens is 1. The van der Waals surface area contributed by atoms with Crippen LogP contribution in [0.5, 0.6) is 0 Å². The number of anilines is 1. The van der Waals surface area contributed by atoms with Crippen LogP contribution in [0.4, 0.5) is 5.82 Å². The van der Waals surface area contributed by atoms with Crippen molar-refractivity contribution >= 4 is 49.1 Å². The van der Waals surface area contributed by atoms with Gasteiger partial charge in [0.2, 0.25) is 0 Å². The third kappa shape index (κ3) is 4.31. The maximum Gasteiger partial charge on any atom is 0.345 e. The maximum atomic E-state index is 12.5. The summed E-state index contributed by atoms with van der Waals surface area (Å²) < 4.78 is 23.0. The number of carbonyl (C=O) groups is 2. The fourth-order valence-corrected chi connectivity index (χ4v) is 5.24. The highest BCUT2D eigenvalue weighted by Crippen LogP contribution is 2.29. The highest BCUT2D eigenvalue weighted by molar-refractivity contribution is 7.91. The van der Waals surface area contributed by atoms with Crippen LogP contribution in [0, 0.1) is 0 Å². The lowest BCUT2D eigenvalue weighted by Crippen LogP contribution is -2.39. The van der Waals surface area contributed by atoms with Crippen molar-refractivity contribution in [3.05, 3.63) is 46.3 Å². The molecule has 0 bridgehead atoms. The Morgan fingerprint density at radius 2 is 1.90 bits per heavy atom. The predicted octanol–water partition coefficient (Wildman–Crippen LogP) is 1.81. The Balaban J connectivity index is 1.41. The molecule has 9 nitrogen and oxygen atoms in total. The number of nitrogens with one attached hydrogen (secondary N) is 2. The van der Waals surface area contributed by atoms with E-state index in [1.54, 1.807) is 12.1 Å². The molecule has 1 aromatic carbocycles. The van der Waals surface area contributed by atoms with Gasteiger partial charge in [-0.25, -0.2) is 13.2 Å². The normalized spacial score (nSPS) is 16.7. The summed E-state index contributed by atoms with van der Waals surface area (Å²) in [6, 6.07) is 8.56. The van der Waals surface area contributed by atoms with E-state index in [9.17, 15) is 18.0 Å². The van der Waals surface area contributed by atoms with Gasteiger partial charge in [-0.05, 0) is 23.8 Å². The molecule has 3 N–H and O–H groups in total. The van der Waals surface area contributed by atoms with E-state index in [0.717, 1.165) is 16.9 Å². The number of fused-ring (bicyclic) bond motifs is 1. The number of carbonyl (C=O) groups excluding carboxylic acids is 1. The van der Waals surface area contributed by atoms with E-state index in [2.05, 4.69) is 20.4 Å². The second kappa shape index (κ2) is 7.58. The molecule has 0 aliphatic carbocycles. The van der Waals surface area contributed by atoms with Gasteiger partial charge in [-0.3, -0.25) is 14.8 Å². The molecule has 2 aromatic heterocycles. The van der Waals surface area contributed by atoms with Crippen LogP contribution in [0.25, 0.3) is 10.2 Å². The van der Waals surface area contributed by atoms with Crippen LogP contribution >= 0.6 is 11.3 Å². The van der Waals surface area contributed by atoms with Gasteiger partial charge in [0.1, 0.15) is 15.5 Å². The third-order valence-electron chi connectivity index (χ3n) is 4.76. The van der Waals surface area contributed by atoms with E-state index in [-0.39, 0.29) is 22.3 Å². The van der Waals surface area contributed by atoms with Crippen LogP contribution in [0.3, 0.4) is 0 Å². The van der Waals surface area contributed by atoms with E-state index in [1.165, 1.54) is 6.07 Å². The molecule has 0 atom stereocenters. The number of nitrogens with zero attached hydrogens (tertiary/aromatic N) is 2. The first-order valence-corrected chi connectivity index (χ1v) is 11.5. The van der Waals surface area contributed by atoms with Crippen LogP contribution in [-0.2, 0) is 16.4 Å². The van der Waals surface area contributed by atoms with Gasteiger partial charge >= 0.3 is 5.97 Å². The second-order valence-corrected chi connectivity index (χ2v) is 10.1. The first-order valence-electron chi connectivity index (χ1n) is 8.85. The Labute approximate surface area is 170 Å². The number of benzene rings is 1. The third-order valence-corrected chi connectivity index (χ3v) is 7.39. The molecule has 152 valence electrons.